The van der Waals surface area contributed by atoms with Gasteiger partial charge in [-0.25, -0.2) is 9.37 Å². The van der Waals surface area contributed by atoms with Crippen molar-refractivity contribution < 1.29 is 28.3 Å². The van der Waals surface area contributed by atoms with Gasteiger partial charge in [-0.05, 0) is 42.2 Å². The minimum atomic E-state index is -0.564. The van der Waals surface area contributed by atoms with E-state index in [0.29, 0.717) is 35.1 Å². The van der Waals surface area contributed by atoms with Crippen LogP contribution in [0, 0.1) is 5.82 Å². The summed E-state index contributed by atoms with van der Waals surface area (Å²) in [5.41, 5.74) is 2.78. The van der Waals surface area contributed by atoms with E-state index in [9.17, 15) is 14.4 Å². The third-order valence-electron chi connectivity index (χ3n) is 8.21. The predicted molar refractivity (Wildman–Crippen MR) is 179 cm³/mol. The first-order chi connectivity index (χ1) is 21.6. The van der Waals surface area contributed by atoms with Crippen molar-refractivity contribution in [3.8, 4) is 0 Å². The van der Waals surface area contributed by atoms with E-state index in [-0.39, 0.29) is 48.3 Å². The van der Waals surface area contributed by atoms with E-state index >= 15 is 4.39 Å². The van der Waals surface area contributed by atoms with Crippen molar-refractivity contribution in [3.05, 3.63) is 81.2 Å². The van der Waals surface area contributed by atoms with Crippen LogP contribution in [-0.4, -0.2) is 71.2 Å². The van der Waals surface area contributed by atoms with Crippen molar-refractivity contribution in [1.82, 2.24) is 19.5 Å². The summed E-state index contributed by atoms with van der Waals surface area (Å²) < 4.78 is 22.7. The highest BCUT2D eigenvalue weighted by atomic mass is 127. The number of aryl methyl sites for hydroxylation is 2. The van der Waals surface area contributed by atoms with E-state index in [1.165, 1.54) is 24.5 Å². The number of thiazole rings is 1. The van der Waals surface area contributed by atoms with Crippen molar-refractivity contribution in [2.24, 2.45) is 7.05 Å². The molecule has 0 radical (unpaired) electrons. The fourth-order valence-corrected chi connectivity index (χ4v) is 7.34. The lowest BCUT2D eigenvalue weighted by Gasteiger charge is -2.24. The molecule has 2 aromatic heterocycles. The Balaban J connectivity index is 1.35. The molecular weight excluding hydrogens is 712 g/mol. The molecule has 1 aliphatic rings. The van der Waals surface area contributed by atoms with Gasteiger partial charge in [0.15, 0.2) is 0 Å². The Morgan fingerprint density at radius 2 is 1.98 bits per heavy atom. The number of aromatic nitrogens is 2. The summed E-state index contributed by atoms with van der Waals surface area (Å²) in [6, 6.07) is 10.2. The van der Waals surface area contributed by atoms with E-state index < -0.39 is 5.82 Å². The lowest BCUT2D eigenvalue weighted by Crippen LogP contribution is -2.37. The van der Waals surface area contributed by atoms with Crippen LogP contribution in [0.1, 0.15) is 50.3 Å². The molecule has 3 heterocycles. The number of fused-ring (bicyclic) bond motifs is 1. The molecule has 0 unspecified atom stereocenters. The number of nitrogens with zero attached hydrogens (tertiary/aromatic N) is 4. The quantitative estimate of drug-likeness (QED) is 0.0943. The number of rotatable bonds is 11. The molecule has 45 heavy (non-hydrogen) atoms. The lowest BCUT2D eigenvalue weighted by molar-refractivity contribution is -0.141. The SMILES string of the molecule is COC(=O)CCc1cnc([C@@H]2C[C@H](N(C)OC)CN2C(=O)Cc2cc(CI)c(NC(=O)c3cn(C)c4ccccc34)cc2F)s1. The van der Waals surface area contributed by atoms with Crippen LogP contribution in [0.15, 0.2) is 48.8 Å². The number of halogens is 2. The first-order valence-corrected chi connectivity index (χ1v) is 16.8. The van der Waals surface area contributed by atoms with E-state index in [4.69, 9.17) is 9.57 Å². The maximum Gasteiger partial charge on any atom is 0.305 e. The minimum absolute atomic E-state index is 0.0761. The predicted octanol–water partition coefficient (Wildman–Crippen LogP) is 5.44. The number of carbonyl (C=O) groups excluding carboxylic acids is 3. The number of hydrogen-bond acceptors (Lipinski definition) is 8. The molecule has 1 saturated heterocycles. The molecule has 1 N–H and O–H groups in total. The van der Waals surface area contributed by atoms with E-state index in [0.717, 1.165) is 26.4 Å². The number of methoxy groups -OCH3 is 1. The molecule has 10 nitrogen and oxygen atoms in total. The van der Waals surface area contributed by atoms with E-state index in [1.54, 1.807) is 35.5 Å². The normalized spacial score (nSPS) is 16.5. The molecule has 0 bridgehead atoms. The van der Waals surface area contributed by atoms with Gasteiger partial charge in [0.25, 0.3) is 5.91 Å². The zero-order valence-corrected chi connectivity index (χ0v) is 28.5. The number of likely N-dealkylation sites (N-methyl/N-ethyl adjacent to an activating group) is 1. The average Bonchev–Trinajstić information content (AvgIpc) is 3.78. The molecule has 2 amide bonds. The second kappa shape index (κ2) is 14.4. The van der Waals surface area contributed by atoms with Crippen LogP contribution in [0.4, 0.5) is 10.1 Å². The summed E-state index contributed by atoms with van der Waals surface area (Å²) in [7, 11) is 6.63. The Labute approximate surface area is 278 Å². The van der Waals surface area contributed by atoms with Gasteiger partial charge in [-0.3, -0.25) is 14.4 Å². The van der Waals surface area contributed by atoms with Crippen LogP contribution < -0.4 is 5.32 Å². The van der Waals surface area contributed by atoms with Gasteiger partial charge in [0.1, 0.15) is 10.8 Å². The van der Waals surface area contributed by atoms with Crippen molar-refractivity contribution in [2.45, 2.75) is 42.2 Å². The van der Waals surface area contributed by atoms with E-state index in [1.807, 2.05) is 42.9 Å². The zero-order valence-electron chi connectivity index (χ0n) is 25.5. The number of esters is 1. The highest BCUT2D eigenvalue weighted by Crippen LogP contribution is 2.37. The first kappa shape index (κ1) is 33.0. The average molecular weight is 748 g/mol. The molecule has 5 rings (SSSR count). The number of benzene rings is 2. The van der Waals surface area contributed by atoms with Crippen LogP contribution in [-0.2, 0) is 43.5 Å². The maximum atomic E-state index is 15.6. The molecule has 1 fully saturated rings. The fraction of sp³-hybridized carbons (Fsp3) is 0.375. The number of carbonyl (C=O) groups is 3. The summed E-state index contributed by atoms with van der Waals surface area (Å²) in [6.07, 6.45) is 4.69. The van der Waals surface area contributed by atoms with Gasteiger partial charge in [0.2, 0.25) is 5.91 Å². The van der Waals surface area contributed by atoms with Gasteiger partial charge in [0.05, 0.1) is 44.7 Å². The van der Waals surface area contributed by atoms with Crippen LogP contribution in [0.2, 0.25) is 0 Å². The van der Waals surface area contributed by atoms with Crippen LogP contribution >= 0.6 is 33.9 Å². The summed E-state index contributed by atoms with van der Waals surface area (Å²) in [4.78, 5) is 51.3. The molecule has 0 aliphatic carbocycles. The standard InChI is InChI=1S/C32H35FIN5O5S/c1-37-18-24(23-7-5-6-8-27(23)37)31(42)36-26-14-25(33)19(11-20(26)15-34)12-29(40)39-17-21(38(2)44-4)13-28(39)32-35-16-22(45-32)9-10-30(41)43-3/h5-8,11,14,16,18,21,28H,9-10,12-13,15,17H2,1-4H3,(H,36,42)/t21-,28-/m0/s1. The number of amides is 2. The Hall–Kier alpha value is -3.40. The van der Waals surface area contributed by atoms with Crippen LogP contribution in [0.25, 0.3) is 10.9 Å². The monoisotopic (exact) mass is 747 g/mol. The maximum absolute atomic E-state index is 15.6. The highest BCUT2D eigenvalue weighted by Gasteiger charge is 2.40. The molecule has 13 heteroatoms. The largest absolute Gasteiger partial charge is 0.469 e. The third-order valence-corrected chi connectivity index (χ3v) is 10.2. The number of para-hydroxylation sites is 1. The Morgan fingerprint density at radius 1 is 1.20 bits per heavy atom. The first-order valence-electron chi connectivity index (χ1n) is 14.4. The van der Waals surface area contributed by atoms with Crippen LogP contribution in [0.5, 0.6) is 0 Å². The number of ether oxygens (including phenoxy) is 1. The number of nitrogens with one attached hydrogen (secondary N) is 1. The number of anilines is 1. The Kier molecular flexibility index (Phi) is 10.5. The zero-order chi connectivity index (χ0) is 32.2. The Bertz CT molecular complexity index is 1730. The van der Waals surface area contributed by atoms with Crippen molar-refractivity contribution in [2.75, 3.05) is 33.1 Å². The van der Waals surface area contributed by atoms with Crippen molar-refractivity contribution in [3.63, 3.8) is 0 Å². The third kappa shape index (κ3) is 7.21. The molecule has 2 aromatic carbocycles. The van der Waals surface area contributed by atoms with E-state index in [2.05, 4.69) is 32.9 Å². The molecule has 4 aromatic rings. The van der Waals surface area contributed by atoms with Crippen LogP contribution in [0.3, 0.4) is 0 Å². The summed E-state index contributed by atoms with van der Waals surface area (Å²) in [5, 5.41) is 6.17. The smallest absolute Gasteiger partial charge is 0.305 e. The van der Waals surface area contributed by atoms with Gasteiger partial charge in [0, 0.05) is 58.9 Å². The summed E-state index contributed by atoms with van der Waals surface area (Å²) >= 11 is 3.63. The van der Waals surface area contributed by atoms with Gasteiger partial charge in [-0.1, -0.05) is 40.8 Å². The number of alkyl halides is 1. The van der Waals surface area contributed by atoms with Gasteiger partial charge >= 0.3 is 5.97 Å². The minimum Gasteiger partial charge on any atom is -0.469 e. The second-order valence-corrected chi connectivity index (χ2v) is 12.9. The number of hydroxylamine groups is 2. The topological polar surface area (TPSA) is 106 Å². The van der Waals surface area contributed by atoms with Gasteiger partial charge in [-0.15, -0.1) is 11.3 Å². The fourth-order valence-electron chi connectivity index (χ4n) is 5.66. The highest BCUT2D eigenvalue weighted by molar-refractivity contribution is 14.1. The summed E-state index contributed by atoms with van der Waals surface area (Å²) in [5.74, 6) is -1.42. The van der Waals surface area contributed by atoms with Crippen molar-refractivity contribution >= 4 is 68.3 Å². The lowest BCUT2D eigenvalue weighted by atomic mass is 10.0. The number of hydrogen-bond donors (Lipinski definition) is 1. The summed E-state index contributed by atoms with van der Waals surface area (Å²) in [6.45, 7) is 0.394. The molecule has 0 saturated carbocycles. The molecule has 238 valence electrons. The number of likely N-dealkylation sites (tertiary alicyclic amines) is 1. The molecule has 1 aliphatic heterocycles. The molecule has 0 spiro atoms. The molecule has 2 atom stereocenters. The molecular formula is C32H35FIN5O5S. The van der Waals surface area contributed by atoms with Gasteiger partial charge < -0.3 is 24.4 Å². The second-order valence-electron chi connectivity index (χ2n) is 11.0. The Morgan fingerprint density at radius 3 is 2.71 bits per heavy atom. The van der Waals surface area contributed by atoms with Gasteiger partial charge in [-0.2, -0.15) is 5.06 Å². The van der Waals surface area contributed by atoms with Crippen molar-refractivity contribution in [1.29, 1.82) is 0 Å².